The Kier molecular flexibility index (Phi) is 6.18. The lowest BCUT2D eigenvalue weighted by atomic mass is 10.0. The Bertz CT molecular complexity index is 1740. The smallest absolute Gasteiger partial charge is 0.184 e. The van der Waals surface area contributed by atoms with Gasteiger partial charge in [-0.25, -0.2) is 9.67 Å². The number of aromatic hydroxyl groups is 2. The van der Waals surface area contributed by atoms with Crippen LogP contribution in [0.5, 0.6) is 23.0 Å². The van der Waals surface area contributed by atoms with E-state index < -0.39 is 0 Å². The molecule has 0 saturated heterocycles. The fraction of sp³-hybridized carbons (Fsp3) is 0.207. The number of pyridine rings is 1. The van der Waals surface area contributed by atoms with Crippen LogP contribution in [0, 0.1) is 13.8 Å². The molecule has 1 unspecified atom stereocenters. The zero-order valence-corrected chi connectivity index (χ0v) is 22.4. The van der Waals surface area contributed by atoms with Crippen LogP contribution in [-0.4, -0.2) is 44.9 Å². The van der Waals surface area contributed by atoms with Crippen molar-refractivity contribution in [1.82, 2.24) is 20.2 Å². The van der Waals surface area contributed by atoms with Crippen molar-refractivity contribution >= 4 is 34.3 Å². The van der Waals surface area contributed by atoms with Crippen LogP contribution in [0.2, 0.25) is 0 Å². The zero-order chi connectivity index (χ0) is 28.0. The molecule has 4 aromatic rings. The predicted molar refractivity (Wildman–Crippen MR) is 151 cm³/mol. The Hall–Kier alpha value is -5.19. The van der Waals surface area contributed by atoms with Gasteiger partial charge >= 0.3 is 0 Å². The molecule has 2 aliphatic rings. The van der Waals surface area contributed by atoms with Gasteiger partial charge in [0.1, 0.15) is 11.4 Å². The van der Waals surface area contributed by atoms with Gasteiger partial charge in [0.05, 0.1) is 25.3 Å². The van der Waals surface area contributed by atoms with Gasteiger partial charge in [0.2, 0.25) is 0 Å². The second-order valence-corrected chi connectivity index (χ2v) is 9.58. The number of phenolic OH excluding ortho intramolecular Hbond substituents is 2. The summed E-state index contributed by atoms with van der Waals surface area (Å²) < 4.78 is 12.3. The average molecular weight is 541 g/mol. The van der Waals surface area contributed by atoms with Crippen LogP contribution in [0.3, 0.4) is 0 Å². The second kappa shape index (κ2) is 9.84. The van der Waals surface area contributed by atoms with Gasteiger partial charge in [0, 0.05) is 12.1 Å². The van der Waals surface area contributed by atoms with Crippen molar-refractivity contribution in [3.63, 3.8) is 0 Å². The third kappa shape index (κ3) is 4.31. The molecule has 2 aromatic heterocycles. The molecule has 1 atom stereocenters. The van der Waals surface area contributed by atoms with Crippen molar-refractivity contribution in [2.24, 2.45) is 5.16 Å². The number of hydrogen-bond acceptors (Lipinski definition) is 10. The topological polar surface area (TPSA) is 135 Å². The highest BCUT2D eigenvalue weighted by Crippen LogP contribution is 2.38. The number of hydrazine groups is 1. The first kappa shape index (κ1) is 25.1. The highest BCUT2D eigenvalue weighted by molar-refractivity contribution is 6.08. The maximum absolute atomic E-state index is 10.0. The quantitative estimate of drug-likeness (QED) is 0.272. The summed E-state index contributed by atoms with van der Waals surface area (Å²) in [7, 11) is 3.02. The number of benzene rings is 2. The lowest BCUT2D eigenvalue weighted by Gasteiger charge is -2.23. The molecule has 4 N–H and O–H groups in total. The number of methoxy groups -OCH3 is 2. The average Bonchev–Trinajstić information content (AvgIpc) is 3.58. The van der Waals surface area contributed by atoms with E-state index in [4.69, 9.17) is 19.4 Å². The molecule has 0 amide bonds. The number of anilines is 1. The van der Waals surface area contributed by atoms with Crippen molar-refractivity contribution < 1.29 is 24.5 Å². The summed E-state index contributed by atoms with van der Waals surface area (Å²) in [5.41, 5.74) is 12.9. The summed E-state index contributed by atoms with van der Waals surface area (Å²) in [5.74, 6) is 1.62. The number of nitrogens with zero attached hydrogens (tertiary/aromatic N) is 4. The number of ether oxygens (including phenoxy) is 2. The fourth-order valence-corrected chi connectivity index (χ4v) is 4.96. The van der Waals surface area contributed by atoms with Crippen molar-refractivity contribution in [1.29, 1.82) is 0 Å². The van der Waals surface area contributed by atoms with Crippen LogP contribution in [0.25, 0.3) is 22.8 Å². The molecule has 2 aromatic carbocycles. The highest BCUT2D eigenvalue weighted by atomic mass is 16.6. The minimum atomic E-state index is -0.366. The largest absolute Gasteiger partial charge is 0.504 e. The molecule has 11 heteroatoms. The van der Waals surface area contributed by atoms with Gasteiger partial charge in [-0.2, -0.15) is 0 Å². The summed E-state index contributed by atoms with van der Waals surface area (Å²) in [6.45, 7) is 3.98. The fourth-order valence-electron chi connectivity index (χ4n) is 4.96. The van der Waals surface area contributed by atoms with E-state index in [1.807, 2.05) is 36.7 Å². The molecule has 0 spiro atoms. The number of oxime groups is 1. The Labute approximate surface area is 230 Å². The van der Waals surface area contributed by atoms with Crippen LogP contribution in [0.1, 0.15) is 34.9 Å². The third-order valence-electron chi connectivity index (χ3n) is 6.93. The van der Waals surface area contributed by atoms with E-state index in [0.717, 1.165) is 39.3 Å². The van der Waals surface area contributed by atoms with Gasteiger partial charge in [-0.05, 0) is 66.9 Å². The minimum Gasteiger partial charge on any atom is -0.504 e. The molecule has 4 heterocycles. The molecule has 0 aliphatic carbocycles. The third-order valence-corrected chi connectivity index (χ3v) is 6.93. The monoisotopic (exact) mass is 540 g/mol. The first-order valence-electron chi connectivity index (χ1n) is 12.6. The normalized spacial score (nSPS) is 16.4. The molecule has 40 heavy (non-hydrogen) atoms. The van der Waals surface area contributed by atoms with Gasteiger partial charge in [-0.1, -0.05) is 23.4 Å². The van der Waals surface area contributed by atoms with Crippen LogP contribution >= 0.6 is 0 Å². The lowest BCUT2D eigenvalue weighted by molar-refractivity contribution is 0.0855. The van der Waals surface area contributed by atoms with Gasteiger partial charge in [-0.15, -0.1) is 5.10 Å². The number of rotatable bonds is 6. The molecular formula is C29H28N6O5. The molecule has 0 radical (unpaired) electrons. The van der Waals surface area contributed by atoms with Crippen LogP contribution in [0.4, 0.5) is 5.82 Å². The second-order valence-electron chi connectivity index (χ2n) is 9.58. The summed E-state index contributed by atoms with van der Waals surface area (Å²) in [6.07, 6.45) is 3.93. The van der Waals surface area contributed by atoms with Gasteiger partial charge in [0.25, 0.3) is 0 Å². The van der Waals surface area contributed by atoms with Gasteiger partial charge < -0.3 is 24.5 Å². The van der Waals surface area contributed by atoms with E-state index in [1.165, 1.54) is 14.2 Å². The number of aryl methyl sites for hydroxylation is 2. The van der Waals surface area contributed by atoms with Gasteiger partial charge in [0.15, 0.2) is 40.6 Å². The summed E-state index contributed by atoms with van der Waals surface area (Å²) >= 11 is 0. The van der Waals surface area contributed by atoms with Crippen molar-refractivity contribution in [2.45, 2.75) is 26.4 Å². The Morgan fingerprint density at radius 1 is 0.975 bits per heavy atom. The number of nitrogens with one attached hydrogen (secondary N) is 2. The molecule has 204 valence electrons. The van der Waals surface area contributed by atoms with Crippen molar-refractivity contribution in [2.75, 3.05) is 19.6 Å². The number of aromatic nitrogens is 3. The Morgan fingerprint density at radius 2 is 1.73 bits per heavy atom. The predicted octanol–water partition coefficient (Wildman–Crippen LogP) is 4.81. The van der Waals surface area contributed by atoms with Crippen molar-refractivity contribution in [3.8, 4) is 23.0 Å². The molecule has 0 saturated carbocycles. The van der Waals surface area contributed by atoms with Gasteiger partial charge in [-0.3, -0.25) is 10.9 Å². The first-order valence-corrected chi connectivity index (χ1v) is 12.6. The standard InChI is InChI=1S/C29H28N6O5/c1-15-11-16(2)30-28-26(15)29-32-31-27(19-14-23(40-34-19)18-7-10-22(37)25(13-18)39-4)20(35(29)33-28)8-5-17-6-9-21(36)24(12-17)38-3/h5-13,23,31-32,36-37H,14H2,1-4H3/b8-5+. The summed E-state index contributed by atoms with van der Waals surface area (Å²) in [4.78, 5) is 10.5. The lowest BCUT2D eigenvalue weighted by Crippen LogP contribution is -2.33. The first-order chi connectivity index (χ1) is 19.4. The molecule has 11 nitrogen and oxygen atoms in total. The van der Waals surface area contributed by atoms with E-state index in [2.05, 4.69) is 21.0 Å². The molecule has 6 rings (SSSR count). The number of fused-ring (bicyclic) bond motifs is 3. The Balaban J connectivity index is 1.43. The van der Waals surface area contributed by atoms with E-state index in [1.54, 1.807) is 36.4 Å². The van der Waals surface area contributed by atoms with Crippen LogP contribution < -0.4 is 20.3 Å². The van der Waals surface area contributed by atoms with E-state index in [0.29, 0.717) is 35.0 Å². The molecule has 2 aliphatic heterocycles. The number of phenols is 2. The van der Waals surface area contributed by atoms with E-state index >= 15 is 0 Å². The molecule has 0 bridgehead atoms. The van der Waals surface area contributed by atoms with Crippen molar-refractivity contribution in [3.05, 3.63) is 76.6 Å². The number of allylic oxidation sites excluding steroid dienone is 3. The highest BCUT2D eigenvalue weighted by Gasteiger charge is 2.31. The summed E-state index contributed by atoms with van der Waals surface area (Å²) in [6, 6.07) is 12.3. The summed E-state index contributed by atoms with van der Waals surface area (Å²) in [5, 5.41) is 30.2. The molecule has 0 fully saturated rings. The molecular weight excluding hydrogens is 512 g/mol. The SMILES string of the molecule is COc1cc(/C=C/C2=C(C3=NOC(c4ccc(O)c(OC)c4)C3)NNc3c4c(C)cc(C)nc4nn32)ccc1O. The van der Waals surface area contributed by atoms with Crippen LogP contribution in [-0.2, 0) is 4.84 Å². The Morgan fingerprint density at radius 3 is 2.50 bits per heavy atom. The van der Waals surface area contributed by atoms with E-state index in [-0.39, 0.29) is 17.6 Å². The number of hydrogen-bond donors (Lipinski definition) is 4. The minimum absolute atomic E-state index is 0.0574. The maximum atomic E-state index is 10.0. The maximum Gasteiger partial charge on any atom is 0.184 e. The zero-order valence-electron chi connectivity index (χ0n) is 22.4. The van der Waals surface area contributed by atoms with E-state index in [9.17, 15) is 10.2 Å². The van der Waals surface area contributed by atoms with Crippen LogP contribution in [0.15, 0.2) is 59.4 Å².